The molecule has 0 bridgehead atoms. The molecule has 0 radical (unpaired) electrons. The minimum Gasteiger partial charge on any atom is -0.258 e. The Morgan fingerprint density at radius 1 is 0.826 bits per heavy atom. The molecule has 0 aliphatic carbocycles. The maximum atomic E-state index is 12.7. The molecule has 9 heteroatoms. The van der Waals surface area contributed by atoms with Gasteiger partial charge in [0.25, 0.3) is 5.69 Å². The van der Waals surface area contributed by atoms with E-state index in [9.17, 15) is 36.5 Å². The predicted molar refractivity (Wildman–Crippen MR) is 68.5 cm³/mol. The van der Waals surface area contributed by atoms with E-state index in [2.05, 4.69) is 0 Å². The number of rotatable bonds is 2. The Balaban J connectivity index is 2.62. The molecule has 3 nitrogen and oxygen atoms in total. The summed E-state index contributed by atoms with van der Waals surface area (Å²) in [4.78, 5) is 9.91. The molecule has 2 rings (SSSR count). The first-order chi connectivity index (χ1) is 10.5. The Morgan fingerprint density at radius 2 is 1.39 bits per heavy atom. The van der Waals surface area contributed by atoms with Gasteiger partial charge in [0, 0.05) is 6.07 Å². The summed E-state index contributed by atoms with van der Waals surface area (Å²) in [6.07, 6.45) is -9.46. The summed E-state index contributed by atoms with van der Waals surface area (Å²) < 4.78 is 75.9. The van der Waals surface area contributed by atoms with Crippen LogP contribution in [-0.4, -0.2) is 4.92 Å². The van der Waals surface area contributed by atoms with E-state index in [0.29, 0.717) is 18.2 Å². The summed E-state index contributed by atoms with van der Waals surface area (Å²) in [6.45, 7) is 0. The van der Waals surface area contributed by atoms with Gasteiger partial charge in [0.05, 0.1) is 21.6 Å². The van der Waals surface area contributed by atoms with E-state index >= 15 is 0 Å². The van der Waals surface area contributed by atoms with E-state index in [0.717, 1.165) is 24.3 Å². The van der Waals surface area contributed by atoms with Crippen molar-refractivity contribution in [2.45, 2.75) is 12.4 Å². The molecule has 0 aliphatic heterocycles. The molecule has 2 aromatic rings. The molecule has 0 aromatic heterocycles. The number of nitro benzene ring substituents is 1. The third-order valence-electron chi connectivity index (χ3n) is 3.02. The molecule has 0 unspecified atom stereocenters. The SMILES string of the molecule is O=[N+]([O-])c1cc(C(F)(F)F)ccc1-c1cccc(C(F)(F)F)c1. The highest BCUT2D eigenvalue weighted by Gasteiger charge is 2.34. The van der Waals surface area contributed by atoms with Gasteiger partial charge >= 0.3 is 12.4 Å². The van der Waals surface area contributed by atoms with Crippen molar-refractivity contribution in [3.8, 4) is 11.1 Å². The predicted octanol–water partition coefficient (Wildman–Crippen LogP) is 5.30. The van der Waals surface area contributed by atoms with Crippen LogP contribution in [0.5, 0.6) is 0 Å². The first-order valence-electron chi connectivity index (χ1n) is 6.03. The first kappa shape index (κ1) is 16.8. The number of alkyl halides is 6. The zero-order valence-electron chi connectivity index (χ0n) is 11.1. The quantitative estimate of drug-likeness (QED) is 0.425. The molecule has 0 spiro atoms. The Hall–Kier alpha value is -2.58. The van der Waals surface area contributed by atoms with E-state index in [1.54, 1.807) is 0 Å². The van der Waals surface area contributed by atoms with Crippen molar-refractivity contribution >= 4 is 5.69 Å². The van der Waals surface area contributed by atoms with Crippen molar-refractivity contribution in [3.05, 3.63) is 63.7 Å². The van der Waals surface area contributed by atoms with Crippen LogP contribution < -0.4 is 0 Å². The summed E-state index contributed by atoms with van der Waals surface area (Å²) in [6, 6.07) is 5.27. The van der Waals surface area contributed by atoms with Gasteiger partial charge in [-0.15, -0.1) is 0 Å². The maximum Gasteiger partial charge on any atom is 0.416 e. The topological polar surface area (TPSA) is 43.1 Å². The second kappa shape index (κ2) is 5.56. The van der Waals surface area contributed by atoms with Crippen LogP contribution in [0.15, 0.2) is 42.5 Å². The van der Waals surface area contributed by atoms with E-state index in [1.807, 2.05) is 0 Å². The van der Waals surface area contributed by atoms with Gasteiger partial charge in [-0.3, -0.25) is 10.1 Å². The monoisotopic (exact) mass is 335 g/mol. The first-order valence-corrected chi connectivity index (χ1v) is 6.03. The molecule has 0 heterocycles. The smallest absolute Gasteiger partial charge is 0.258 e. The summed E-state index contributed by atoms with van der Waals surface area (Å²) in [7, 11) is 0. The molecule has 0 N–H and O–H groups in total. The molecule has 0 saturated carbocycles. The van der Waals surface area contributed by atoms with Gasteiger partial charge in [-0.1, -0.05) is 12.1 Å². The van der Waals surface area contributed by atoms with Crippen molar-refractivity contribution in [2.75, 3.05) is 0 Å². The standard InChI is InChI=1S/C14H7F6NO2/c15-13(16,17)9-3-1-2-8(6-9)11-5-4-10(14(18,19)20)7-12(11)21(22)23/h1-7H. The normalized spacial score (nSPS) is 12.3. The second-order valence-electron chi connectivity index (χ2n) is 4.57. The molecule has 122 valence electrons. The second-order valence-corrected chi connectivity index (χ2v) is 4.57. The molecule has 0 fully saturated rings. The maximum absolute atomic E-state index is 12.7. The Morgan fingerprint density at radius 3 is 1.91 bits per heavy atom. The van der Waals surface area contributed by atoms with E-state index in [1.165, 1.54) is 0 Å². The van der Waals surface area contributed by atoms with Crippen LogP contribution in [0.25, 0.3) is 11.1 Å². The van der Waals surface area contributed by atoms with Gasteiger partial charge in [-0.25, -0.2) is 0 Å². The van der Waals surface area contributed by atoms with Gasteiger partial charge < -0.3 is 0 Å². The molecule has 2 aromatic carbocycles. The fraction of sp³-hybridized carbons (Fsp3) is 0.143. The van der Waals surface area contributed by atoms with Crippen LogP contribution in [0.2, 0.25) is 0 Å². The minimum atomic E-state index is -4.79. The Labute approximate surface area is 125 Å². The number of nitro groups is 1. The van der Waals surface area contributed by atoms with Gasteiger partial charge in [0.15, 0.2) is 0 Å². The highest BCUT2D eigenvalue weighted by atomic mass is 19.4. The largest absolute Gasteiger partial charge is 0.416 e. The zero-order valence-corrected chi connectivity index (χ0v) is 11.1. The number of benzene rings is 2. The minimum absolute atomic E-state index is 0.194. The zero-order chi connectivity index (χ0) is 17.4. The lowest BCUT2D eigenvalue weighted by Crippen LogP contribution is -2.07. The number of hydrogen-bond acceptors (Lipinski definition) is 2. The van der Waals surface area contributed by atoms with Crippen LogP contribution in [0.3, 0.4) is 0 Å². The average molecular weight is 335 g/mol. The van der Waals surface area contributed by atoms with Crippen molar-refractivity contribution in [3.63, 3.8) is 0 Å². The lowest BCUT2D eigenvalue weighted by Gasteiger charge is -2.11. The van der Waals surface area contributed by atoms with Crippen molar-refractivity contribution in [2.24, 2.45) is 0 Å². The molecular formula is C14H7F6NO2. The Bertz CT molecular complexity index is 752. The summed E-state index contributed by atoms with van der Waals surface area (Å²) in [5.41, 5.74) is -3.74. The van der Waals surface area contributed by atoms with Crippen LogP contribution in [-0.2, 0) is 12.4 Å². The molecule has 0 amide bonds. The average Bonchev–Trinajstić information content (AvgIpc) is 2.45. The van der Waals surface area contributed by atoms with Crippen LogP contribution in [0.4, 0.5) is 32.0 Å². The van der Waals surface area contributed by atoms with Gasteiger partial charge in [-0.05, 0) is 29.8 Å². The molecule has 0 saturated heterocycles. The van der Waals surface area contributed by atoms with Gasteiger partial charge in [0.1, 0.15) is 0 Å². The van der Waals surface area contributed by atoms with Crippen molar-refractivity contribution in [1.82, 2.24) is 0 Å². The Kier molecular flexibility index (Phi) is 4.06. The fourth-order valence-electron chi connectivity index (χ4n) is 1.97. The number of nitrogens with zero attached hydrogens (tertiary/aromatic N) is 1. The van der Waals surface area contributed by atoms with Gasteiger partial charge in [0.2, 0.25) is 0 Å². The van der Waals surface area contributed by atoms with Crippen LogP contribution >= 0.6 is 0 Å². The molecule has 0 aliphatic rings. The van der Waals surface area contributed by atoms with Crippen LogP contribution in [0.1, 0.15) is 11.1 Å². The lowest BCUT2D eigenvalue weighted by atomic mass is 9.99. The molecular weight excluding hydrogens is 328 g/mol. The lowest BCUT2D eigenvalue weighted by molar-refractivity contribution is -0.384. The summed E-state index contributed by atoms with van der Waals surface area (Å²) in [5, 5.41) is 11.0. The van der Waals surface area contributed by atoms with Gasteiger partial charge in [-0.2, -0.15) is 26.3 Å². The number of halogens is 6. The highest BCUT2D eigenvalue weighted by Crippen LogP contribution is 2.38. The van der Waals surface area contributed by atoms with Crippen LogP contribution in [0, 0.1) is 10.1 Å². The third kappa shape index (κ3) is 3.61. The van der Waals surface area contributed by atoms with E-state index in [4.69, 9.17) is 0 Å². The fourth-order valence-corrected chi connectivity index (χ4v) is 1.97. The molecule has 23 heavy (non-hydrogen) atoms. The summed E-state index contributed by atoms with van der Waals surface area (Å²) in [5.74, 6) is 0. The summed E-state index contributed by atoms with van der Waals surface area (Å²) >= 11 is 0. The highest BCUT2D eigenvalue weighted by molar-refractivity contribution is 5.74. The van der Waals surface area contributed by atoms with E-state index < -0.39 is 34.1 Å². The third-order valence-corrected chi connectivity index (χ3v) is 3.02. The van der Waals surface area contributed by atoms with E-state index in [-0.39, 0.29) is 11.1 Å². The molecule has 0 atom stereocenters. The van der Waals surface area contributed by atoms with Crippen molar-refractivity contribution in [1.29, 1.82) is 0 Å². The van der Waals surface area contributed by atoms with Crippen molar-refractivity contribution < 1.29 is 31.3 Å². The number of hydrogen-bond donors (Lipinski definition) is 0.